The Hall–Kier alpha value is -1.71. The number of hydrogen-bond donors (Lipinski definition) is 1. The summed E-state index contributed by atoms with van der Waals surface area (Å²) in [6, 6.07) is 3.93. The van der Waals surface area contributed by atoms with Crippen molar-refractivity contribution in [3.63, 3.8) is 0 Å². The van der Waals surface area contributed by atoms with Crippen molar-refractivity contribution in [1.82, 2.24) is 5.32 Å². The predicted molar refractivity (Wildman–Crippen MR) is 72.5 cm³/mol. The molecule has 0 aliphatic heterocycles. The molecule has 1 aromatic carbocycles. The second-order valence-electron chi connectivity index (χ2n) is 4.78. The summed E-state index contributed by atoms with van der Waals surface area (Å²) in [6.07, 6.45) is 4.02. The van der Waals surface area contributed by atoms with Crippen LogP contribution in [0.5, 0.6) is 5.75 Å². The third kappa shape index (κ3) is 2.42. The van der Waals surface area contributed by atoms with Crippen LogP contribution in [0, 0.1) is 0 Å². The van der Waals surface area contributed by atoms with Crippen LogP contribution in [0.2, 0.25) is 0 Å². The van der Waals surface area contributed by atoms with E-state index in [0.29, 0.717) is 5.75 Å². The van der Waals surface area contributed by atoms with Crippen LogP contribution in [0.3, 0.4) is 0 Å². The Labute approximate surface area is 108 Å². The van der Waals surface area contributed by atoms with Gasteiger partial charge in [0.1, 0.15) is 5.75 Å². The maximum atomic E-state index is 11.3. The van der Waals surface area contributed by atoms with Gasteiger partial charge in [-0.15, -0.1) is 0 Å². The van der Waals surface area contributed by atoms with E-state index in [1.807, 2.05) is 26.2 Å². The molecule has 0 spiro atoms. The van der Waals surface area contributed by atoms with Gasteiger partial charge in [0.2, 0.25) is 0 Å². The number of hydrogen-bond acceptors (Lipinski definition) is 3. The van der Waals surface area contributed by atoms with Gasteiger partial charge < -0.3 is 15.0 Å². The molecule has 1 amide bonds. The molecule has 1 aliphatic carbocycles. The number of fused-ring (bicyclic) bond motifs is 1. The smallest absolute Gasteiger partial charge is 0.410 e. The molecule has 2 rings (SSSR count). The first kappa shape index (κ1) is 12.7. The lowest BCUT2D eigenvalue weighted by Crippen LogP contribution is -2.23. The largest absolute Gasteiger partial charge is 0.412 e. The van der Waals surface area contributed by atoms with Crippen molar-refractivity contribution in [2.75, 3.05) is 26.0 Å². The molecular formula is C14H20N2O2. The highest BCUT2D eigenvalue weighted by atomic mass is 16.6. The molecule has 18 heavy (non-hydrogen) atoms. The lowest BCUT2D eigenvalue weighted by atomic mass is 9.89. The SMILES string of the molecule is CNC(=O)Oc1ccc(N(C)C)c2c1CCCC2. The van der Waals surface area contributed by atoms with E-state index in [4.69, 9.17) is 4.74 Å². The minimum Gasteiger partial charge on any atom is -0.410 e. The van der Waals surface area contributed by atoms with Crippen molar-refractivity contribution >= 4 is 11.8 Å². The fraction of sp³-hybridized carbons (Fsp3) is 0.500. The van der Waals surface area contributed by atoms with Crippen molar-refractivity contribution in [3.05, 3.63) is 23.3 Å². The second kappa shape index (κ2) is 5.29. The molecule has 98 valence electrons. The van der Waals surface area contributed by atoms with Gasteiger partial charge in [-0.05, 0) is 43.4 Å². The Morgan fingerprint density at radius 1 is 1.22 bits per heavy atom. The van der Waals surface area contributed by atoms with Crippen LogP contribution in [0.15, 0.2) is 12.1 Å². The molecule has 4 heteroatoms. The summed E-state index contributed by atoms with van der Waals surface area (Å²) in [5.41, 5.74) is 3.75. The molecule has 0 fully saturated rings. The Balaban J connectivity index is 2.40. The first-order valence-electron chi connectivity index (χ1n) is 6.35. The Bertz CT molecular complexity index is 455. The van der Waals surface area contributed by atoms with Gasteiger partial charge in [0.05, 0.1) is 0 Å². The number of benzene rings is 1. The lowest BCUT2D eigenvalue weighted by Gasteiger charge is -2.25. The van der Waals surface area contributed by atoms with Crippen LogP contribution in [-0.4, -0.2) is 27.2 Å². The van der Waals surface area contributed by atoms with E-state index < -0.39 is 6.09 Å². The molecule has 0 saturated carbocycles. The summed E-state index contributed by atoms with van der Waals surface area (Å²) in [6.45, 7) is 0. The van der Waals surface area contributed by atoms with E-state index in [0.717, 1.165) is 19.3 Å². The standard InChI is InChI=1S/C14H20N2O2/c1-15-14(17)18-13-9-8-12(16(2)3)10-6-4-5-7-11(10)13/h8-9H,4-7H2,1-3H3,(H,15,17). The third-order valence-electron chi connectivity index (χ3n) is 3.36. The summed E-state index contributed by atoms with van der Waals surface area (Å²) in [4.78, 5) is 13.5. The number of ether oxygens (including phenoxy) is 1. The number of rotatable bonds is 2. The lowest BCUT2D eigenvalue weighted by molar-refractivity contribution is 0.202. The van der Waals surface area contributed by atoms with Crippen molar-refractivity contribution in [1.29, 1.82) is 0 Å². The number of carbonyl (C=O) groups excluding carboxylic acids is 1. The summed E-state index contributed by atoms with van der Waals surface area (Å²) >= 11 is 0. The average molecular weight is 248 g/mol. The van der Waals surface area contributed by atoms with Crippen LogP contribution in [0.25, 0.3) is 0 Å². The normalized spacial score (nSPS) is 13.7. The van der Waals surface area contributed by atoms with Gasteiger partial charge in [-0.1, -0.05) is 0 Å². The molecule has 0 unspecified atom stereocenters. The highest BCUT2D eigenvalue weighted by molar-refractivity contribution is 5.72. The van der Waals surface area contributed by atoms with Gasteiger partial charge in [-0.2, -0.15) is 0 Å². The van der Waals surface area contributed by atoms with Gasteiger partial charge >= 0.3 is 6.09 Å². The molecule has 4 nitrogen and oxygen atoms in total. The van der Waals surface area contributed by atoms with Gasteiger partial charge in [0, 0.05) is 32.4 Å². The summed E-state index contributed by atoms with van der Waals surface area (Å²) in [5.74, 6) is 0.703. The molecule has 0 bridgehead atoms. The maximum absolute atomic E-state index is 11.3. The number of nitrogens with one attached hydrogen (secondary N) is 1. The first-order chi connectivity index (χ1) is 8.63. The van der Waals surface area contributed by atoms with Crippen molar-refractivity contribution in [3.8, 4) is 5.75 Å². The van der Waals surface area contributed by atoms with Crippen molar-refractivity contribution < 1.29 is 9.53 Å². The number of nitrogens with zero attached hydrogens (tertiary/aromatic N) is 1. The van der Waals surface area contributed by atoms with Gasteiger partial charge in [0.25, 0.3) is 0 Å². The average Bonchev–Trinajstić information content (AvgIpc) is 2.38. The molecule has 1 N–H and O–H groups in total. The van der Waals surface area contributed by atoms with Crippen LogP contribution in [0.1, 0.15) is 24.0 Å². The van der Waals surface area contributed by atoms with Gasteiger partial charge in [-0.25, -0.2) is 4.79 Å². The van der Waals surface area contributed by atoms with E-state index in [9.17, 15) is 4.79 Å². The Morgan fingerprint density at radius 3 is 2.50 bits per heavy atom. The minimum atomic E-state index is -0.402. The first-order valence-corrected chi connectivity index (χ1v) is 6.35. The van der Waals surface area contributed by atoms with E-state index in [2.05, 4.69) is 10.2 Å². The molecular weight excluding hydrogens is 228 g/mol. The number of carbonyl (C=O) groups is 1. The topological polar surface area (TPSA) is 41.6 Å². The van der Waals surface area contributed by atoms with Gasteiger partial charge in [-0.3, -0.25) is 0 Å². The quantitative estimate of drug-likeness (QED) is 0.873. The van der Waals surface area contributed by atoms with Gasteiger partial charge in [0.15, 0.2) is 0 Å². The second-order valence-corrected chi connectivity index (χ2v) is 4.78. The monoisotopic (exact) mass is 248 g/mol. The molecule has 0 aromatic heterocycles. The summed E-state index contributed by atoms with van der Waals surface area (Å²) in [7, 11) is 5.66. The van der Waals surface area contributed by atoms with E-state index >= 15 is 0 Å². The minimum absolute atomic E-state index is 0.402. The zero-order chi connectivity index (χ0) is 13.1. The van der Waals surface area contributed by atoms with E-state index in [-0.39, 0.29) is 0 Å². The molecule has 1 aromatic rings. The van der Waals surface area contributed by atoms with Crippen LogP contribution in [0.4, 0.5) is 10.5 Å². The Kier molecular flexibility index (Phi) is 3.75. The third-order valence-corrected chi connectivity index (χ3v) is 3.36. The molecule has 1 aliphatic rings. The molecule has 0 saturated heterocycles. The summed E-state index contributed by atoms with van der Waals surface area (Å²) < 4.78 is 5.33. The Morgan fingerprint density at radius 2 is 1.89 bits per heavy atom. The van der Waals surface area contributed by atoms with Crippen molar-refractivity contribution in [2.24, 2.45) is 0 Å². The van der Waals surface area contributed by atoms with Crippen LogP contribution < -0.4 is 15.0 Å². The fourth-order valence-electron chi connectivity index (χ4n) is 2.48. The highest BCUT2D eigenvalue weighted by Gasteiger charge is 2.19. The number of anilines is 1. The fourth-order valence-corrected chi connectivity index (χ4v) is 2.48. The number of amides is 1. The zero-order valence-corrected chi connectivity index (χ0v) is 11.2. The molecule has 0 radical (unpaired) electrons. The summed E-state index contributed by atoms with van der Waals surface area (Å²) in [5, 5.41) is 2.49. The highest BCUT2D eigenvalue weighted by Crippen LogP contribution is 2.35. The molecule has 0 heterocycles. The van der Waals surface area contributed by atoms with Crippen LogP contribution >= 0.6 is 0 Å². The van der Waals surface area contributed by atoms with Crippen molar-refractivity contribution in [2.45, 2.75) is 25.7 Å². The van der Waals surface area contributed by atoms with E-state index in [1.165, 1.54) is 23.2 Å². The van der Waals surface area contributed by atoms with Crippen LogP contribution in [-0.2, 0) is 12.8 Å². The zero-order valence-electron chi connectivity index (χ0n) is 11.2. The van der Waals surface area contributed by atoms with E-state index in [1.54, 1.807) is 7.05 Å². The maximum Gasteiger partial charge on any atom is 0.412 e. The predicted octanol–water partition coefficient (Wildman–Crippen LogP) is 2.35. The molecule has 0 atom stereocenters.